The van der Waals surface area contributed by atoms with Crippen molar-refractivity contribution in [3.63, 3.8) is 0 Å². The molecule has 1 N–H and O–H groups in total. The van der Waals surface area contributed by atoms with E-state index in [2.05, 4.69) is 15.4 Å². The van der Waals surface area contributed by atoms with Gasteiger partial charge in [-0.2, -0.15) is 22.0 Å². The van der Waals surface area contributed by atoms with E-state index in [1.165, 1.54) is 30.0 Å². The van der Waals surface area contributed by atoms with Crippen LogP contribution in [-0.4, -0.2) is 34.4 Å². The highest BCUT2D eigenvalue weighted by atomic mass is 19.4. The predicted octanol–water partition coefficient (Wildman–Crippen LogP) is 6.15. The van der Waals surface area contributed by atoms with Crippen molar-refractivity contribution in [3.8, 4) is 28.6 Å². The summed E-state index contributed by atoms with van der Waals surface area (Å²) in [6, 6.07) is 11.1. The average Bonchev–Trinajstić information content (AvgIpc) is 3.20. The Balaban J connectivity index is 1.78. The molecule has 178 valence electrons. The zero-order valence-electron chi connectivity index (χ0n) is 18.1. The zero-order chi connectivity index (χ0) is 24.5. The van der Waals surface area contributed by atoms with Crippen molar-refractivity contribution in [3.05, 3.63) is 65.9 Å². The Morgan fingerprint density at radius 1 is 1.03 bits per heavy atom. The molecule has 11 heteroatoms. The van der Waals surface area contributed by atoms with Crippen LogP contribution in [0, 0.1) is 18.6 Å². The molecule has 0 saturated heterocycles. The van der Waals surface area contributed by atoms with Gasteiger partial charge in [-0.3, -0.25) is 0 Å². The lowest BCUT2D eigenvalue weighted by molar-refractivity contribution is -0.131. The van der Waals surface area contributed by atoms with Crippen LogP contribution in [0.3, 0.4) is 0 Å². The molecule has 4 rings (SSSR count). The second-order valence-corrected chi connectivity index (χ2v) is 7.43. The number of alkyl halides is 3. The van der Waals surface area contributed by atoms with Gasteiger partial charge in [-0.1, -0.05) is 23.8 Å². The molecule has 4 aromatic rings. The van der Waals surface area contributed by atoms with Gasteiger partial charge in [0, 0.05) is 18.2 Å². The number of benzene rings is 2. The Kier molecular flexibility index (Phi) is 6.27. The summed E-state index contributed by atoms with van der Waals surface area (Å²) in [7, 11) is 1.19. The molecule has 0 amide bonds. The lowest BCUT2D eigenvalue weighted by Gasteiger charge is -2.13. The minimum absolute atomic E-state index is 0.183. The Morgan fingerprint density at radius 2 is 1.76 bits per heavy atom. The third kappa shape index (κ3) is 4.87. The number of hydrogen-bond acceptors (Lipinski definition) is 5. The molecular formula is C23H19F5N4O2. The zero-order valence-corrected chi connectivity index (χ0v) is 18.1. The quantitative estimate of drug-likeness (QED) is 0.323. The summed E-state index contributed by atoms with van der Waals surface area (Å²) in [5.74, 6) is -3.50. The number of ether oxygens (including phenoxy) is 2. The highest BCUT2D eigenvalue weighted by Gasteiger charge is 2.26. The minimum Gasteiger partial charge on any atom is -0.494 e. The number of nitrogens with one attached hydrogen (secondary N) is 1. The molecule has 0 radical (unpaired) electrons. The van der Waals surface area contributed by atoms with Gasteiger partial charge in [0.15, 0.2) is 17.1 Å². The maximum atomic E-state index is 14.4. The molecular weight excluding hydrogens is 459 g/mol. The first-order chi connectivity index (χ1) is 16.2. The number of halogens is 5. The molecule has 2 aromatic carbocycles. The van der Waals surface area contributed by atoms with E-state index in [1.54, 1.807) is 0 Å². The molecule has 0 bridgehead atoms. The van der Waals surface area contributed by atoms with Crippen molar-refractivity contribution >= 4 is 11.3 Å². The second-order valence-electron chi connectivity index (χ2n) is 7.43. The summed E-state index contributed by atoms with van der Waals surface area (Å²) in [5.41, 5.74) is 2.68. The number of methoxy groups -OCH3 is 1. The normalized spacial score (nSPS) is 11.6. The van der Waals surface area contributed by atoms with E-state index >= 15 is 0 Å². The first-order valence-electron chi connectivity index (χ1n) is 10.1. The molecule has 0 fully saturated rings. The molecule has 0 atom stereocenters. The SMILES string of the molecule is COc1ccc(Oc2cc(NCCC(F)(F)F)c3ncc(-c4cccc(C)c4)n3n2)c(F)c1F. The molecule has 0 spiro atoms. The van der Waals surface area contributed by atoms with Crippen LogP contribution in [0.2, 0.25) is 0 Å². The average molecular weight is 478 g/mol. The second kappa shape index (κ2) is 9.16. The third-order valence-corrected chi connectivity index (χ3v) is 4.93. The van der Waals surface area contributed by atoms with Gasteiger partial charge < -0.3 is 14.8 Å². The Labute approximate surface area is 191 Å². The fourth-order valence-electron chi connectivity index (χ4n) is 3.33. The molecule has 0 aliphatic carbocycles. The van der Waals surface area contributed by atoms with Gasteiger partial charge in [0.2, 0.25) is 17.5 Å². The number of aromatic nitrogens is 3. The number of fused-ring (bicyclic) bond motifs is 1. The molecule has 0 aliphatic heterocycles. The number of nitrogens with zero attached hydrogens (tertiary/aromatic N) is 3. The van der Waals surface area contributed by atoms with E-state index in [0.29, 0.717) is 5.69 Å². The maximum Gasteiger partial charge on any atom is 0.390 e. The smallest absolute Gasteiger partial charge is 0.390 e. The number of rotatable bonds is 7. The molecule has 0 unspecified atom stereocenters. The summed E-state index contributed by atoms with van der Waals surface area (Å²) in [6.07, 6.45) is -3.92. The van der Waals surface area contributed by atoms with Crippen LogP contribution in [0.5, 0.6) is 17.4 Å². The largest absolute Gasteiger partial charge is 0.494 e. The molecule has 0 saturated carbocycles. The van der Waals surface area contributed by atoms with E-state index in [4.69, 9.17) is 9.47 Å². The van der Waals surface area contributed by atoms with E-state index in [-0.39, 0.29) is 23.0 Å². The van der Waals surface area contributed by atoms with Gasteiger partial charge >= 0.3 is 6.18 Å². The van der Waals surface area contributed by atoms with Crippen molar-refractivity contribution in [2.24, 2.45) is 0 Å². The fourth-order valence-corrected chi connectivity index (χ4v) is 3.33. The number of aryl methyl sites for hydroxylation is 1. The highest BCUT2D eigenvalue weighted by molar-refractivity contribution is 5.73. The van der Waals surface area contributed by atoms with Gasteiger partial charge in [0.1, 0.15) is 0 Å². The van der Waals surface area contributed by atoms with Crippen molar-refractivity contribution in [2.45, 2.75) is 19.5 Å². The van der Waals surface area contributed by atoms with E-state index in [1.807, 2.05) is 31.2 Å². The fraction of sp³-hybridized carbons (Fsp3) is 0.217. The number of hydrogen-bond donors (Lipinski definition) is 1. The summed E-state index contributed by atoms with van der Waals surface area (Å²) in [5, 5.41) is 7.00. The molecule has 6 nitrogen and oxygen atoms in total. The number of anilines is 1. The van der Waals surface area contributed by atoms with Gasteiger partial charge in [-0.25, -0.2) is 9.50 Å². The minimum atomic E-state index is -4.36. The standard InChI is InChI=1S/C23H19F5N4O2/c1-13-4-3-5-14(10-13)16-12-30-22-15(29-9-8-23(26,27)28)11-19(31-32(16)22)34-18-7-6-17(33-2)20(24)21(18)25/h3-7,10-12,29H,8-9H2,1-2H3. The summed E-state index contributed by atoms with van der Waals surface area (Å²) in [4.78, 5) is 4.29. The lowest BCUT2D eigenvalue weighted by Crippen LogP contribution is -2.15. The van der Waals surface area contributed by atoms with Crippen molar-refractivity contribution in [2.75, 3.05) is 19.0 Å². The Morgan fingerprint density at radius 3 is 2.47 bits per heavy atom. The molecule has 0 aliphatic rings. The topological polar surface area (TPSA) is 60.7 Å². The van der Waals surface area contributed by atoms with Crippen molar-refractivity contribution in [1.82, 2.24) is 14.6 Å². The number of imidazole rings is 1. The summed E-state index contributed by atoms with van der Waals surface area (Å²) in [6.45, 7) is 1.47. The first-order valence-corrected chi connectivity index (χ1v) is 10.1. The van der Waals surface area contributed by atoms with Crippen molar-refractivity contribution < 1.29 is 31.4 Å². The van der Waals surface area contributed by atoms with Crippen molar-refractivity contribution in [1.29, 1.82) is 0 Å². The summed E-state index contributed by atoms with van der Waals surface area (Å²) >= 11 is 0. The molecule has 34 heavy (non-hydrogen) atoms. The van der Waals surface area contributed by atoms with E-state index in [0.717, 1.165) is 17.2 Å². The third-order valence-electron chi connectivity index (χ3n) is 4.93. The lowest BCUT2D eigenvalue weighted by atomic mass is 10.1. The van der Waals surface area contributed by atoms with Gasteiger partial charge in [-0.15, -0.1) is 5.10 Å². The van der Waals surface area contributed by atoms with Gasteiger partial charge in [-0.05, 0) is 25.1 Å². The van der Waals surface area contributed by atoms with Crippen LogP contribution >= 0.6 is 0 Å². The maximum absolute atomic E-state index is 14.4. The highest BCUT2D eigenvalue weighted by Crippen LogP contribution is 2.33. The van der Waals surface area contributed by atoms with Crippen LogP contribution in [-0.2, 0) is 0 Å². The van der Waals surface area contributed by atoms with Crippen LogP contribution in [0.15, 0.2) is 48.7 Å². The first kappa shape index (κ1) is 23.3. The van der Waals surface area contributed by atoms with E-state index in [9.17, 15) is 22.0 Å². The molecule has 2 aromatic heterocycles. The van der Waals surface area contributed by atoms with Crippen LogP contribution < -0.4 is 14.8 Å². The predicted molar refractivity (Wildman–Crippen MR) is 115 cm³/mol. The Hall–Kier alpha value is -3.89. The van der Waals surface area contributed by atoms with Crippen LogP contribution in [0.4, 0.5) is 27.6 Å². The van der Waals surface area contributed by atoms with Gasteiger partial charge in [0.25, 0.3) is 0 Å². The van der Waals surface area contributed by atoms with Crippen LogP contribution in [0.1, 0.15) is 12.0 Å². The molecule has 2 heterocycles. The Bertz CT molecular complexity index is 1340. The van der Waals surface area contributed by atoms with E-state index < -0.39 is 36.5 Å². The van der Waals surface area contributed by atoms with Crippen LogP contribution in [0.25, 0.3) is 16.9 Å². The monoisotopic (exact) mass is 478 g/mol. The van der Waals surface area contributed by atoms with Gasteiger partial charge in [0.05, 0.1) is 31.1 Å². The summed E-state index contributed by atoms with van der Waals surface area (Å²) < 4.78 is 78.1.